The summed E-state index contributed by atoms with van der Waals surface area (Å²) < 4.78 is 0.803. The summed E-state index contributed by atoms with van der Waals surface area (Å²) in [5.74, 6) is 0.386. The number of nitrogens with two attached hydrogens (primary N) is 1. The van der Waals surface area contributed by atoms with Gasteiger partial charge in [-0.05, 0) is 54.1 Å². The molecule has 0 aliphatic rings. The van der Waals surface area contributed by atoms with Gasteiger partial charge in [-0.1, -0.05) is 13.8 Å². The van der Waals surface area contributed by atoms with Crippen molar-refractivity contribution in [1.82, 2.24) is 10.2 Å². The zero-order valence-electron chi connectivity index (χ0n) is 11.9. The number of amides is 1. The summed E-state index contributed by atoms with van der Waals surface area (Å²) in [6, 6.07) is 5.54. The van der Waals surface area contributed by atoms with Crippen LogP contribution in [0.5, 0.6) is 0 Å². The number of nitrogen functional groups attached to an aromatic ring is 1. The highest BCUT2D eigenvalue weighted by Gasteiger charge is 2.17. The maximum atomic E-state index is 12.1. The molecule has 5 heteroatoms. The molecule has 0 aliphatic heterocycles. The molecule has 1 rings (SSSR count). The van der Waals surface area contributed by atoms with E-state index in [0.29, 0.717) is 29.8 Å². The minimum absolute atomic E-state index is 0.0910. The van der Waals surface area contributed by atoms with Crippen molar-refractivity contribution in [2.24, 2.45) is 5.92 Å². The third-order valence-corrected chi connectivity index (χ3v) is 3.88. The van der Waals surface area contributed by atoms with E-state index in [0.717, 1.165) is 4.47 Å². The zero-order chi connectivity index (χ0) is 14.6. The van der Waals surface area contributed by atoms with Crippen LogP contribution in [-0.4, -0.2) is 37.5 Å². The number of hydrogen-bond donors (Lipinski definition) is 2. The molecule has 1 amide bonds. The van der Waals surface area contributed by atoms with Crippen molar-refractivity contribution >= 4 is 27.5 Å². The average Bonchev–Trinajstić information content (AvgIpc) is 2.31. The Balaban J connectivity index is 2.66. The summed E-state index contributed by atoms with van der Waals surface area (Å²) >= 11 is 3.32. The highest BCUT2D eigenvalue weighted by atomic mass is 79.9. The van der Waals surface area contributed by atoms with Crippen LogP contribution >= 0.6 is 15.9 Å². The molecule has 0 saturated carbocycles. The minimum atomic E-state index is -0.0910. The second-order valence-corrected chi connectivity index (χ2v) is 6.08. The molecule has 1 unspecified atom stereocenters. The van der Waals surface area contributed by atoms with E-state index >= 15 is 0 Å². The predicted molar refractivity (Wildman–Crippen MR) is 83.2 cm³/mol. The molecule has 106 valence electrons. The third-order valence-electron chi connectivity index (χ3n) is 3.16. The molecule has 0 heterocycles. The first-order valence-corrected chi connectivity index (χ1v) is 7.12. The maximum Gasteiger partial charge on any atom is 0.251 e. The predicted octanol–water partition coefficient (Wildman–Crippen LogP) is 2.35. The van der Waals surface area contributed by atoms with Crippen LogP contribution < -0.4 is 11.1 Å². The number of hydrogen-bond acceptors (Lipinski definition) is 3. The highest BCUT2D eigenvalue weighted by molar-refractivity contribution is 9.10. The van der Waals surface area contributed by atoms with Crippen molar-refractivity contribution in [3.05, 3.63) is 28.2 Å². The molecule has 0 spiro atoms. The molecule has 0 radical (unpaired) electrons. The first-order chi connectivity index (χ1) is 8.82. The molecule has 0 aromatic heterocycles. The van der Waals surface area contributed by atoms with Crippen LogP contribution in [0.1, 0.15) is 24.2 Å². The number of halogens is 1. The summed E-state index contributed by atoms with van der Waals surface area (Å²) in [4.78, 5) is 14.2. The van der Waals surface area contributed by atoms with Crippen molar-refractivity contribution in [2.75, 3.05) is 26.4 Å². The van der Waals surface area contributed by atoms with E-state index in [1.807, 2.05) is 14.1 Å². The van der Waals surface area contributed by atoms with Gasteiger partial charge in [0.2, 0.25) is 0 Å². The van der Waals surface area contributed by atoms with Gasteiger partial charge in [0.1, 0.15) is 0 Å². The number of nitrogens with zero attached hydrogens (tertiary/aromatic N) is 1. The van der Waals surface area contributed by atoms with Crippen LogP contribution in [-0.2, 0) is 0 Å². The van der Waals surface area contributed by atoms with E-state index in [2.05, 4.69) is 40.0 Å². The molecule has 1 aromatic rings. The molecule has 19 heavy (non-hydrogen) atoms. The molecule has 0 aliphatic carbocycles. The number of anilines is 1. The fourth-order valence-electron chi connectivity index (χ4n) is 2.00. The van der Waals surface area contributed by atoms with Gasteiger partial charge in [-0.15, -0.1) is 0 Å². The fraction of sp³-hybridized carbons (Fsp3) is 0.500. The van der Waals surface area contributed by atoms with Gasteiger partial charge in [0.15, 0.2) is 0 Å². The van der Waals surface area contributed by atoms with Gasteiger partial charge in [0, 0.05) is 28.3 Å². The van der Waals surface area contributed by atoms with E-state index in [1.165, 1.54) is 0 Å². The first-order valence-electron chi connectivity index (χ1n) is 6.32. The van der Waals surface area contributed by atoms with Crippen LogP contribution in [0, 0.1) is 5.92 Å². The van der Waals surface area contributed by atoms with Crippen LogP contribution in [0.15, 0.2) is 22.7 Å². The normalized spacial score (nSPS) is 12.8. The van der Waals surface area contributed by atoms with Gasteiger partial charge in [-0.2, -0.15) is 0 Å². The van der Waals surface area contributed by atoms with Crippen molar-refractivity contribution < 1.29 is 4.79 Å². The Bertz CT molecular complexity index is 438. The summed E-state index contributed by atoms with van der Waals surface area (Å²) in [7, 11) is 4.04. The Morgan fingerprint density at radius 2 is 2.05 bits per heavy atom. The smallest absolute Gasteiger partial charge is 0.251 e. The highest BCUT2D eigenvalue weighted by Crippen LogP contribution is 2.20. The monoisotopic (exact) mass is 327 g/mol. The Kier molecular flexibility index (Phi) is 5.82. The number of likely N-dealkylation sites (N-methyl/N-ethyl adjacent to an activating group) is 1. The Hall–Kier alpha value is -1.07. The molecular weight excluding hydrogens is 306 g/mol. The lowest BCUT2D eigenvalue weighted by atomic mass is 10.0. The summed E-state index contributed by atoms with van der Waals surface area (Å²) in [5.41, 5.74) is 6.93. The van der Waals surface area contributed by atoms with Crippen LogP contribution in [0.3, 0.4) is 0 Å². The molecular formula is C14H22BrN3O. The standard InChI is InChI=1S/C14H22BrN3O/c1-9(2)13(18(3)4)8-17-14(19)10-5-6-11(15)12(16)7-10/h5-7,9,13H,8,16H2,1-4H3,(H,17,19). The molecule has 0 bridgehead atoms. The molecule has 0 fully saturated rings. The lowest BCUT2D eigenvalue weighted by molar-refractivity contribution is 0.0934. The second kappa shape index (κ2) is 6.91. The van der Waals surface area contributed by atoms with Crippen molar-refractivity contribution in [1.29, 1.82) is 0 Å². The summed E-state index contributed by atoms with van der Waals surface area (Å²) in [6.07, 6.45) is 0. The molecule has 4 nitrogen and oxygen atoms in total. The van der Waals surface area contributed by atoms with E-state index in [9.17, 15) is 4.79 Å². The Morgan fingerprint density at radius 3 is 2.53 bits per heavy atom. The van der Waals surface area contributed by atoms with Crippen LogP contribution in [0.25, 0.3) is 0 Å². The largest absolute Gasteiger partial charge is 0.398 e. The number of benzene rings is 1. The van der Waals surface area contributed by atoms with Crippen molar-refractivity contribution in [2.45, 2.75) is 19.9 Å². The lowest BCUT2D eigenvalue weighted by Crippen LogP contribution is -2.43. The van der Waals surface area contributed by atoms with Crippen molar-refractivity contribution in [3.8, 4) is 0 Å². The van der Waals surface area contributed by atoms with Gasteiger partial charge in [0.05, 0.1) is 0 Å². The maximum absolute atomic E-state index is 12.1. The number of nitrogens with one attached hydrogen (secondary N) is 1. The number of carbonyl (C=O) groups excluding carboxylic acids is 1. The SMILES string of the molecule is CC(C)C(CNC(=O)c1ccc(Br)c(N)c1)N(C)C. The van der Waals surface area contributed by atoms with E-state index < -0.39 is 0 Å². The second-order valence-electron chi connectivity index (χ2n) is 5.22. The van der Waals surface area contributed by atoms with Gasteiger partial charge in [-0.25, -0.2) is 0 Å². The van der Waals surface area contributed by atoms with Gasteiger partial charge in [-0.3, -0.25) is 4.79 Å². The molecule has 3 N–H and O–H groups in total. The van der Waals surface area contributed by atoms with E-state index in [1.54, 1.807) is 18.2 Å². The van der Waals surface area contributed by atoms with Crippen LogP contribution in [0.4, 0.5) is 5.69 Å². The van der Waals surface area contributed by atoms with Crippen LogP contribution in [0.2, 0.25) is 0 Å². The quantitative estimate of drug-likeness (QED) is 0.816. The summed E-state index contributed by atoms with van der Waals surface area (Å²) in [6.45, 7) is 4.92. The molecule has 1 aromatic carbocycles. The van der Waals surface area contributed by atoms with E-state index in [-0.39, 0.29) is 5.91 Å². The minimum Gasteiger partial charge on any atom is -0.398 e. The summed E-state index contributed by atoms with van der Waals surface area (Å²) in [5, 5.41) is 2.96. The number of carbonyl (C=O) groups is 1. The Morgan fingerprint density at radius 1 is 1.42 bits per heavy atom. The van der Waals surface area contributed by atoms with Crippen molar-refractivity contribution in [3.63, 3.8) is 0 Å². The van der Waals surface area contributed by atoms with E-state index in [4.69, 9.17) is 5.73 Å². The molecule has 1 atom stereocenters. The van der Waals surface area contributed by atoms with Gasteiger partial charge >= 0.3 is 0 Å². The first kappa shape index (κ1) is 16.0. The lowest BCUT2D eigenvalue weighted by Gasteiger charge is -2.28. The fourth-order valence-corrected chi connectivity index (χ4v) is 2.25. The zero-order valence-corrected chi connectivity index (χ0v) is 13.5. The van der Waals surface area contributed by atoms with Gasteiger partial charge in [0.25, 0.3) is 5.91 Å². The number of rotatable bonds is 5. The average molecular weight is 328 g/mol. The topological polar surface area (TPSA) is 58.4 Å². The molecule has 0 saturated heterocycles. The van der Waals surface area contributed by atoms with Gasteiger partial charge < -0.3 is 16.0 Å². The third kappa shape index (κ3) is 4.51. The Labute approximate surface area is 123 Å².